The monoisotopic (exact) mass is 407 g/mol. The molecule has 0 spiro atoms. The quantitative estimate of drug-likeness (QED) is 0.641. The van der Waals surface area contributed by atoms with Gasteiger partial charge in [-0.3, -0.25) is 9.59 Å². The Bertz CT molecular complexity index is 707. The molecule has 0 aromatic heterocycles. The van der Waals surface area contributed by atoms with Gasteiger partial charge in [-0.1, -0.05) is 57.0 Å². The van der Waals surface area contributed by atoms with E-state index in [-0.39, 0.29) is 17.7 Å². The summed E-state index contributed by atoms with van der Waals surface area (Å²) in [7, 11) is 0. The van der Waals surface area contributed by atoms with Gasteiger partial charge in [0.05, 0.1) is 17.5 Å². The van der Waals surface area contributed by atoms with Gasteiger partial charge in [0.2, 0.25) is 11.8 Å². The molecule has 1 aromatic carbocycles. The van der Waals surface area contributed by atoms with Crippen LogP contribution >= 0.6 is 11.6 Å². The Labute approximate surface area is 173 Å². The van der Waals surface area contributed by atoms with Gasteiger partial charge < -0.3 is 16.8 Å². The fourth-order valence-corrected chi connectivity index (χ4v) is 5.14. The third kappa shape index (κ3) is 4.87. The Balaban J connectivity index is 2.49. The van der Waals surface area contributed by atoms with Crippen molar-refractivity contribution in [1.82, 2.24) is 5.32 Å². The molecule has 0 radical (unpaired) electrons. The summed E-state index contributed by atoms with van der Waals surface area (Å²) in [4.78, 5) is 25.3. The number of hydrogen-bond donors (Lipinski definition) is 3. The Morgan fingerprint density at radius 3 is 2.43 bits per heavy atom. The maximum Gasteiger partial charge on any atom is 0.237 e. The standard InChI is InChI=1S/C22H34ClN3O2/c1-13(2)17-10-9-14(3)11-22(17,21(25)28)12-19(26-20(27)15(4)24)16-7-5-6-8-18(16)23/h5-8,13-15,17,19H,9-12,24H2,1-4H3,(H2,25,28)(H,26,27)/t14?,15-,17?,19+,22?/m1/s1. The number of benzene rings is 1. The van der Waals surface area contributed by atoms with E-state index in [0.717, 1.165) is 24.8 Å². The Morgan fingerprint density at radius 2 is 1.89 bits per heavy atom. The second-order valence-electron chi connectivity index (χ2n) is 8.83. The second-order valence-corrected chi connectivity index (χ2v) is 9.24. The molecule has 2 amide bonds. The number of carbonyl (C=O) groups excluding carboxylic acids is 2. The second kappa shape index (κ2) is 9.27. The van der Waals surface area contributed by atoms with Crippen molar-refractivity contribution in [2.24, 2.45) is 34.6 Å². The highest BCUT2D eigenvalue weighted by Gasteiger charge is 2.50. The molecule has 1 aliphatic carbocycles. The normalized spacial score (nSPS) is 27.2. The SMILES string of the molecule is CC1CCC(C(C)C)C(C[C@H](NC(=O)[C@@H](C)N)c2ccccc2Cl)(C(N)=O)C1. The highest BCUT2D eigenvalue weighted by molar-refractivity contribution is 6.31. The highest BCUT2D eigenvalue weighted by atomic mass is 35.5. The predicted molar refractivity (Wildman–Crippen MR) is 114 cm³/mol. The lowest BCUT2D eigenvalue weighted by molar-refractivity contribution is -0.138. The summed E-state index contributed by atoms with van der Waals surface area (Å²) < 4.78 is 0. The third-order valence-corrected chi connectivity index (χ3v) is 6.61. The van der Waals surface area contributed by atoms with Crippen LogP contribution in [0.3, 0.4) is 0 Å². The molecule has 28 heavy (non-hydrogen) atoms. The molecule has 0 heterocycles. The van der Waals surface area contributed by atoms with Crippen LogP contribution < -0.4 is 16.8 Å². The fraction of sp³-hybridized carbons (Fsp3) is 0.636. The van der Waals surface area contributed by atoms with Crippen molar-refractivity contribution < 1.29 is 9.59 Å². The largest absolute Gasteiger partial charge is 0.369 e. The molecule has 5 atom stereocenters. The van der Waals surface area contributed by atoms with E-state index < -0.39 is 17.5 Å². The first-order chi connectivity index (χ1) is 13.1. The average Bonchev–Trinajstić information content (AvgIpc) is 2.61. The molecule has 3 unspecified atom stereocenters. The van der Waals surface area contributed by atoms with E-state index in [1.807, 2.05) is 18.2 Å². The Morgan fingerprint density at radius 1 is 1.25 bits per heavy atom. The number of hydrogen-bond acceptors (Lipinski definition) is 3. The number of amides is 2. The molecule has 1 aliphatic rings. The predicted octanol–water partition coefficient (Wildman–Crippen LogP) is 3.80. The minimum Gasteiger partial charge on any atom is -0.369 e. The average molecular weight is 408 g/mol. The Hall–Kier alpha value is -1.59. The molecule has 5 nitrogen and oxygen atoms in total. The zero-order chi connectivity index (χ0) is 21.1. The lowest BCUT2D eigenvalue weighted by Crippen LogP contribution is -2.51. The molecule has 1 aromatic rings. The number of primary amides is 1. The van der Waals surface area contributed by atoms with E-state index in [9.17, 15) is 9.59 Å². The molecule has 0 saturated heterocycles. The first kappa shape index (κ1) is 22.7. The van der Waals surface area contributed by atoms with E-state index in [1.54, 1.807) is 13.0 Å². The number of halogens is 1. The van der Waals surface area contributed by atoms with Crippen LogP contribution in [0.25, 0.3) is 0 Å². The molecule has 156 valence electrons. The summed E-state index contributed by atoms with van der Waals surface area (Å²) in [5.74, 6) is 0.326. The summed E-state index contributed by atoms with van der Waals surface area (Å²) >= 11 is 6.45. The van der Waals surface area contributed by atoms with Gasteiger partial charge in [0.1, 0.15) is 0 Å². The van der Waals surface area contributed by atoms with Crippen LogP contribution in [0, 0.1) is 23.2 Å². The van der Waals surface area contributed by atoms with E-state index in [2.05, 4.69) is 26.1 Å². The summed E-state index contributed by atoms with van der Waals surface area (Å²) in [6.07, 6.45) is 3.19. The van der Waals surface area contributed by atoms with Gasteiger partial charge in [-0.2, -0.15) is 0 Å². The zero-order valence-corrected chi connectivity index (χ0v) is 18.1. The van der Waals surface area contributed by atoms with Gasteiger partial charge in [-0.05, 0) is 55.6 Å². The summed E-state index contributed by atoms with van der Waals surface area (Å²) in [5, 5.41) is 3.58. The molecule has 6 heteroatoms. The lowest BCUT2D eigenvalue weighted by atomic mass is 9.57. The van der Waals surface area contributed by atoms with Crippen LogP contribution in [0.4, 0.5) is 0 Å². The zero-order valence-electron chi connectivity index (χ0n) is 17.4. The molecular weight excluding hydrogens is 374 g/mol. The van der Waals surface area contributed by atoms with E-state index >= 15 is 0 Å². The number of rotatable bonds is 7. The van der Waals surface area contributed by atoms with Crippen molar-refractivity contribution in [1.29, 1.82) is 0 Å². The van der Waals surface area contributed by atoms with Gasteiger partial charge in [0, 0.05) is 5.02 Å². The van der Waals surface area contributed by atoms with Crippen molar-refractivity contribution >= 4 is 23.4 Å². The van der Waals surface area contributed by atoms with Crippen molar-refractivity contribution in [2.45, 2.75) is 65.5 Å². The van der Waals surface area contributed by atoms with Gasteiger partial charge in [-0.25, -0.2) is 0 Å². The maximum absolute atomic E-state index is 12.9. The van der Waals surface area contributed by atoms with Crippen LogP contribution in [0.2, 0.25) is 5.02 Å². The van der Waals surface area contributed by atoms with Gasteiger partial charge in [-0.15, -0.1) is 0 Å². The van der Waals surface area contributed by atoms with Crippen LogP contribution in [-0.2, 0) is 9.59 Å². The molecule has 1 fully saturated rings. The molecule has 2 rings (SSSR count). The third-order valence-electron chi connectivity index (χ3n) is 6.27. The first-order valence-electron chi connectivity index (χ1n) is 10.2. The van der Waals surface area contributed by atoms with Crippen LogP contribution in [0.15, 0.2) is 24.3 Å². The molecule has 0 bridgehead atoms. The van der Waals surface area contributed by atoms with Crippen molar-refractivity contribution in [3.05, 3.63) is 34.9 Å². The molecular formula is C22H34ClN3O2. The van der Waals surface area contributed by atoms with E-state index in [4.69, 9.17) is 23.1 Å². The first-order valence-corrected chi connectivity index (χ1v) is 10.6. The van der Waals surface area contributed by atoms with Crippen LogP contribution in [0.1, 0.15) is 65.0 Å². The lowest BCUT2D eigenvalue weighted by Gasteiger charge is -2.48. The number of nitrogens with two attached hydrogens (primary N) is 2. The molecule has 5 N–H and O–H groups in total. The Kier molecular flexibility index (Phi) is 7.52. The summed E-state index contributed by atoms with van der Waals surface area (Å²) in [5.41, 5.74) is 11.9. The fourth-order valence-electron chi connectivity index (χ4n) is 4.87. The van der Waals surface area contributed by atoms with Crippen LogP contribution in [-0.4, -0.2) is 17.9 Å². The maximum atomic E-state index is 12.9. The smallest absolute Gasteiger partial charge is 0.237 e. The minimum atomic E-state index is -0.694. The summed E-state index contributed by atoms with van der Waals surface area (Å²) in [6, 6.07) is 6.33. The van der Waals surface area contributed by atoms with Crippen molar-refractivity contribution in [3.63, 3.8) is 0 Å². The highest BCUT2D eigenvalue weighted by Crippen LogP contribution is 2.52. The van der Waals surface area contributed by atoms with Gasteiger partial charge in [0.25, 0.3) is 0 Å². The number of nitrogens with one attached hydrogen (secondary N) is 1. The van der Waals surface area contributed by atoms with Crippen molar-refractivity contribution in [3.8, 4) is 0 Å². The number of carbonyl (C=O) groups is 2. The van der Waals surface area contributed by atoms with Gasteiger partial charge >= 0.3 is 0 Å². The summed E-state index contributed by atoms with van der Waals surface area (Å²) in [6.45, 7) is 8.09. The van der Waals surface area contributed by atoms with E-state index in [1.165, 1.54) is 0 Å². The van der Waals surface area contributed by atoms with Crippen molar-refractivity contribution in [2.75, 3.05) is 0 Å². The molecule has 1 saturated carbocycles. The topological polar surface area (TPSA) is 98.2 Å². The minimum absolute atomic E-state index is 0.165. The molecule has 0 aliphatic heterocycles. The van der Waals surface area contributed by atoms with E-state index in [0.29, 0.717) is 23.3 Å². The van der Waals surface area contributed by atoms with Crippen LogP contribution in [0.5, 0.6) is 0 Å². The van der Waals surface area contributed by atoms with Gasteiger partial charge in [0.15, 0.2) is 0 Å².